The first-order valence-corrected chi connectivity index (χ1v) is 7.66. The Morgan fingerprint density at radius 1 is 1.50 bits per heavy atom. The van der Waals surface area contributed by atoms with Crippen LogP contribution in [0, 0.1) is 5.92 Å². The predicted octanol–water partition coefficient (Wildman–Crippen LogP) is 2.30. The van der Waals surface area contributed by atoms with Gasteiger partial charge in [-0.2, -0.15) is 0 Å². The normalized spacial score (nSPS) is 24.9. The molecule has 1 saturated heterocycles. The quantitative estimate of drug-likeness (QED) is 0.916. The molecule has 1 aromatic rings. The average molecular weight is 277 g/mol. The van der Waals surface area contributed by atoms with Crippen LogP contribution in [0.2, 0.25) is 0 Å². The van der Waals surface area contributed by atoms with E-state index in [0.29, 0.717) is 17.8 Å². The maximum Gasteiger partial charge on any atom is 0.213 e. The Labute approximate surface area is 122 Å². The Hall–Kier alpha value is -1.13. The predicted molar refractivity (Wildman–Crippen MR) is 81.9 cm³/mol. The van der Waals surface area contributed by atoms with Crippen LogP contribution in [0.25, 0.3) is 0 Å². The van der Waals surface area contributed by atoms with Crippen LogP contribution in [0.5, 0.6) is 5.88 Å². The molecule has 112 valence electrons. The lowest BCUT2D eigenvalue weighted by Crippen LogP contribution is -2.43. The minimum atomic E-state index is 0.659. The highest BCUT2D eigenvalue weighted by Gasteiger charge is 2.18. The lowest BCUT2D eigenvalue weighted by Gasteiger charge is -2.32. The second kappa shape index (κ2) is 7.60. The zero-order chi connectivity index (χ0) is 14.4. The van der Waals surface area contributed by atoms with Crippen LogP contribution in [0.3, 0.4) is 0 Å². The van der Waals surface area contributed by atoms with E-state index < -0.39 is 0 Å². The Balaban J connectivity index is 1.98. The van der Waals surface area contributed by atoms with Gasteiger partial charge in [-0.15, -0.1) is 0 Å². The molecule has 4 heteroatoms. The van der Waals surface area contributed by atoms with Crippen molar-refractivity contribution >= 4 is 0 Å². The third-order valence-corrected chi connectivity index (χ3v) is 4.03. The highest BCUT2D eigenvalue weighted by Crippen LogP contribution is 2.15. The zero-order valence-electron chi connectivity index (χ0n) is 12.9. The number of aromatic nitrogens is 1. The molecule has 20 heavy (non-hydrogen) atoms. The van der Waals surface area contributed by atoms with Crippen molar-refractivity contribution in [1.29, 1.82) is 0 Å². The number of methoxy groups -OCH3 is 1. The second-order valence-corrected chi connectivity index (χ2v) is 5.85. The van der Waals surface area contributed by atoms with E-state index in [9.17, 15) is 0 Å². The van der Waals surface area contributed by atoms with Gasteiger partial charge < -0.3 is 10.1 Å². The summed E-state index contributed by atoms with van der Waals surface area (Å²) in [6.07, 6.45) is 4.27. The average Bonchev–Trinajstić information content (AvgIpc) is 2.45. The number of nitrogens with zero attached hydrogens (tertiary/aromatic N) is 2. The standard InChI is InChI=1S/C16H27N3O/c1-4-15-6-8-19(11-13(2)10-18-15)12-14-5-7-17-16(9-14)20-3/h5,7,9,13,15,18H,4,6,8,10-12H2,1-3H3. The summed E-state index contributed by atoms with van der Waals surface area (Å²) in [7, 11) is 1.67. The van der Waals surface area contributed by atoms with Gasteiger partial charge in [-0.3, -0.25) is 4.90 Å². The van der Waals surface area contributed by atoms with Crippen molar-refractivity contribution in [3.63, 3.8) is 0 Å². The molecule has 1 aromatic heterocycles. The molecule has 0 bridgehead atoms. The fourth-order valence-electron chi connectivity index (χ4n) is 2.82. The number of hydrogen-bond acceptors (Lipinski definition) is 4. The Kier molecular flexibility index (Phi) is 5.80. The summed E-state index contributed by atoms with van der Waals surface area (Å²) in [6, 6.07) is 4.78. The van der Waals surface area contributed by atoms with E-state index >= 15 is 0 Å². The molecule has 2 atom stereocenters. The van der Waals surface area contributed by atoms with Crippen molar-refractivity contribution in [1.82, 2.24) is 15.2 Å². The summed E-state index contributed by atoms with van der Waals surface area (Å²) in [5.74, 6) is 1.39. The smallest absolute Gasteiger partial charge is 0.213 e. The first kappa shape index (κ1) is 15.3. The molecule has 1 aliphatic heterocycles. The Morgan fingerprint density at radius 3 is 3.10 bits per heavy atom. The van der Waals surface area contributed by atoms with Crippen molar-refractivity contribution in [2.75, 3.05) is 26.7 Å². The molecule has 0 amide bonds. The van der Waals surface area contributed by atoms with Crippen molar-refractivity contribution in [3.05, 3.63) is 23.9 Å². The van der Waals surface area contributed by atoms with E-state index in [1.165, 1.54) is 18.4 Å². The number of rotatable bonds is 4. The highest BCUT2D eigenvalue weighted by atomic mass is 16.5. The van der Waals surface area contributed by atoms with E-state index in [4.69, 9.17) is 4.74 Å². The number of ether oxygens (including phenoxy) is 1. The van der Waals surface area contributed by atoms with Crippen LogP contribution in [-0.4, -0.2) is 42.7 Å². The van der Waals surface area contributed by atoms with Gasteiger partial charge in [0.1, 0.15) is 0 Å². The molecule has 4 nitrogen and oxygen atoms in total. The van der Waals surface area contributed by atoms with Gasteiger partial charge in [0.25, 0.3) is 0 Å². The van der Waals surface area contributed by atoms with E-state index in [1.54, 1.807) is 7.11 Å². The van der Waals surface area contributed by atoms with Gasteiger partial charge in [-0.05, 0) is 43.5 Å². The summed E-state index contributed by atoms with van der Waals surface area (Å²) in [6.45, 7) is 9.00. The van der Waals surface area contributed by atoms with Crippen molar-refractivity contribution in [3.8, 4) is 5.88 Å². The van der Waals surface area contributed by atoms with Crippen LogP contribution in [0.1, 0.15) is 32.3 Å². The van der Waals surface area contributed by atoms with Crippen molar-refractivity contribution in [2.24, 2.45) is 5.92 Å². The van der Waals surface area contributed by atoms with Gasteiger partial charge in [-0.1, -0.05) is 13.8 Å². The fraction of sp³-hybridized carbons (Fsp3) is 0.688. The van der Waals surface area contributed by atoms with E-state index in [1.807, 2.05) is 12.3 Å². The maximum absolute atomic E-state index is 5.20. The van der Waals surface area contributed by atoms with Crippen LogP contribution >= 0.6 is 0 Å². The molecule has 0 radical (unpaired) electrons. The fourth-order valence-corrected chi connectivity index (χ4v) is 2.82. The summed E-state index contributed by atoms with van der Waals surface area (Å²) in [4.78, 5) is 6.73. The first-order valence-electron chi connectivity index (χ1n) is 7.66. The number of nitrogens with one attached hydrogen (secondary N) is 1. The molecule has 0 saturated carbocycles. The van der Waals surface area contributed by atoms with Gasteiger partial charge in [0.05, 0.1) is 7.11 Å². The second-order valence-electron chi connectivity index (χ2n) is 5.85. The molecule has 1 fully saturated rings. The van der Waals surface area contributed by atoms with Crippen LogP contribution < -0.4 is 10.1 Å². The number of pyridine rings is 1. The van der Waals surface area contributed by atoms with Gasteiger partial charge in [0, 0.05) is 31.4 Å². The Bertz CT molecular complexity index is 410. The summed E-state index contributed by atoms with van der Waals surface area (Å²) in [5.41, 5.74) is 1.28. The zero-order valence-corrected chi connectivity index (χ0v) is 12.9. The van der Waals surface area contributed by atoms with Gasteiger partial charge in [0.15, 0.2) is 0 Å². The minimum absolute atomic E-state index is 0.659. The molecule has 2 heterocycles. The van der Waals surface area contributed by atoms with E-state index in [2.05, 4.69) is 35.1 Å². The van der Waals surface area contributed by atoms with Gasteiger partial charge >= 0.3 is 0 Å². The summed E-state index contributed by atoms with van der Waals surface area (Å²) in [5, 5.41) is 3.67. The molecule has 0 spiro atoms. The lowest BCUT2D eigenvalue weighted by molar-refractivity contribution is 0.190. The molecule has 0 aromatic carbocycles. The SMILES string of the molecule is CCC1CCN(Cc2ccnc(OC)c2)CC(C)CN1. The molecule has 1 aliphatic rings. The van der Waals surface area contributed by atoms with Crippen LogP contribution in [0.4, 0.5) is 0 Å². The van der Waals surface area contributed by atoms with E-state index in [0.717, 1.165) is 26.2 Å². The lowest BCUT2D eigenvalue weighted by atomic mass is 10.0. The highest BCUT2D eigenvalue weighted by molar-refractivity contribution is 5.20. The molecule has 0 aliphatic carbocycles. The molecular formula is C16H27N3O. The largest absolute Gasteiger partial charge is 0.481 e. The van der Waals surface area contributed by atoms with Crippen LogP contribution in [-0.2, 0) is 6.54 Å². The van der Waals surface area contributed by atoms with Crippen LogP contribution in [0.15, 0.2) is 18.3 Å². The van der Waals surface area contributed by atoms with Crippen molar-refractivity contribution < 1.29 is 4.74 Å². The minimum Gasteiger partial charge on any atom is -0.481 e. The monoisotopic (exact) mass is 277 g/mol. The molecule has 2 unspecified atom stereocenters. The third kappa shape index (κ3) is 4.46. The first-order chi connectivity index (χ1) is 9.71. The molecule has 2 rings (SSSR count). The molecular weight excluding hydrogens is 250 g/mol. The van der Waals surface area contributed by atoms with E-state index in [-0.39, 0.29) is 0 Å². The number of hydrogen-bond donors (Lipinski definition) is 1. The van der Waals surface area contributed by atoms with Crippen molar-refractivity contribution in [2.45, 2.75) is 39.3 Å². The van der Waals surface area contributed by atoms with Gasteiger partial charge in [0.2, 0.25) is 5.88 Å². The van der Waals surface area contributed by atoms with Gasteiger partial charge in [-0.25, -0.2) is 4.98 Å². The summed E-state index contributed by atoms with van der Waals surface area (Å²) >= 11 is 0. The Morgan fingerprint density at radius 2 is 2.35 bits per heavy atom. The maximum atomic E-state index is 5.20. The third-order valence-electron chi connectivity index (χ3n) is 4.03. The summed E-state index contributed by atoms with van der Waals surface area (Å²) < 4.78 is 5.20. The molecule has 1 N–H and O–H groups in total. The topological polar surface area (TPSA) is 37.4 Å².